The van der Waals surface area contributed by atoms with Crippen LogP contribution >= 0.6 is 0 Å². The van der Waals surface area contributed by atoms with Crippen LogP contribution in [0.1, 0.15) is 162 Å². The van der Waals surface area contributed by atoms with Crippen LogP contribution in [0.25, 0.3) is 0 Å². The Labute approximate surface area is 309 Å². The van der Waals surface area contributed by atoms with Gasteiger partial charge in [-0.05, 0) is 108 Å². The molecule has 2 aromatic carbocycles. The van der Waals surface area contributed by atoms with Crippen LogP contribution in [0.4, 0.5) is 0 Å². The maximum atomic E-state index is 11.2. The first-order valence-electron chi connectivity index (χ1n) is 17.9. The molecule has 0 radical (unpaired) electrons. The van der Waals surface area contributed by atoms with E-state index in [1.54, 1.807) is 76.2 Å². The van der Waals surface area contributed by atoms with Crippen LogP contribution in [0.3, 0.4) is 0 Å². The molecule has 0 heterocycles. The molecule has 284 valence electrons. The van der Waals surface area contributed by atoms with Crippen molar-refractivity contribution in [1.82, 2.24) is 0 Å². The van der Waals surface area contributed by atoms with E-state index in [1.165, 1.54) is 41.5 Å². The molecule has 4 rings (SSSR count). The summed E-state index contributed by atoms with van der Waals surface area (Å²) in [5, 5.41) is 0. The van der Waals surface area contributed by atoms with Crippen molar-refractivity contribution in [2.24, 2.45) is 23.7 Å². The van der Waals surface area contributed by atoms with Gasteiger partial charge in [-0.3, -0.25) is 38.4 Å². The Bertz CT molecular complexity index is 1440. The lowest BCUT2D eigenvalue weighted by Gasteiger charge is -2.27. The zero-order valence-corrected chi connectivity index (χ0v) is 32.8. The number of carbonyl (C=O) groups is 9. The molecule has 2 aliphatic rings. The van der Waals surface area contributed by atoms with Crippen LogP contribution in [0.15, 0.2) is 48.5 Å². The highest BCUT2D eigenvalue weighted by Gasteiger charge is 2.31. The minimum atomic E-state index is -0.0687. The summed E-state index contributed by atoms with van der Waals surface area (Å²) in [7, 11) is 0. The Balaban J connectivity index is 0.000000644. The maximum absolute atomic E-state index is 11.2. The molecule has 2 atom stereocenters. The quantitative estimate of drug-likeness (QED) is 0.244. The number of hydrogen-bond donors (Lipinski definition) is 0. The Hall–Kier alpha value is -4.53. The molecule has 0 aromatic heterocycles. The van der Waals surface area contributed by atoms with Crippen LogP contribution in [0, 0.1) is 23.7 Å². The van der Waals surface area contributed by atoms with Crippen molar-refractivity contribution in [3.8, 4) is 0 Å². The molecule has 9 heteroatoms. The first kappa shape index (κ1) is 47.5. The first-order chi connectivity index (χ1) is 24.2. The van der Waals surface area contributed by atoms with E-state index in [0.29, 0.717) is 22.3 Å². The zero-order valence-electron chi connectivity index (χ0n) is 32.8. The van der Waals surface area contributed by atoms with Crippen molar-refractivity contribution >= 4 is 52.0 Å². The molecule has 2 saturated carbocycles. The highest BCUT2D eigenvalue weighted by molar-refractivity contribution is 6.07. The molecule has 52 heavy (non-hydrogen) atoms. The summed E-state index contributed by atoms with van der Waals surface area (Å²) >= 11 is 0. The van der Waals surface area contributed by atoms with Gasteiger partial charge < -0.3 is 4.79 Å². The SMILES string of the molecule is CC(=O)C1CCC(C(C)=O)CC1.CC(=O)C1CCCCC1C(C)=O.CC(=O)c1ccc(C(C)=O)cc1.CC(=O)c1ccccc1C(C)=O.CC(C)=O. The Morgan fingerprint density at radius 1 is 0.385 bits per heavy atom. The van der Waals surface area contributed by atoms with E-state index in [2.05, 4.69) is 0 Å². The monoisotopic (exact) mass is 718 g/mol. The topological polar surface area (TPSA) is 154 Å². The fourth-order valence-corrected chi connectivity index (χ4v) is 6.05. The summed E-state index contributed by atoms with van der Waals surface area (Å²) in [5.74, 6) is 1.55. The highest BCUT2D eigenvalue weighted by Crippen LogP contribution is 2.31. The molecule has 0 spiro atoms. The van der Waals surface area contributed by atoms with E-state index >= 15 is 0 Å². The highest BCUT2D eigenvalue weighted by atomic mass is 16.2. The van der Waals surface area contributed by atoms with Gasteiger partial charge in [-0.25, -0.2) is 0 Å². The van der Waals surface area contributed by atoms with Gasteiger partial charge >= 0.3 is 0 Å². The third-order valence-corrected chi connectivity index (χ3v) is 9.07. The fourth-order valence-electron chi connectivity index (χ4n) is 6.05. The number of rotatable bonds is 8. The predicted octanol–water partition coefficient (Wildman–Crippen LogP) is 8.72. The average molecular weight is 719 g/mol. The van der Waals surface area contributed by atoms with Gasteiger partial charge in [-0.15, -0.1) is 0 Å². The van der Waals surface area contributed by atoms with Crippen molar-refractivity contribution in [2.45, 2.75) is 121 Å². The smallest absolute Gasteiger partial charge is 0.160 e. The Morgan fingerprint density at radius 2 is 0.654 bits per heavy atom. The van der Waals surface area contributed by atoms with E-state index in [9.17, 15) is 43.2 Å². The third kappa shape index (κ3) is 18.6. The second-order valence-electron chi connectivity index (χ2n) is 13.7. The van der Waals surface area contributed by atoms with Gasteiger partial charge in [0.1, 0.15) is 28.9 Å². The van der Waals surface area contributed by atoms with Crippen molar-refractivity contribution in [3.63, 3.8) is 0 Å². The molecule has 0 aliphatic heterocycles. The zero-order chi connectivity index (χ0) is 40.1. The van der Waals surface area contributed by atoms with Gasteiger partial charge in [-0.1, -0.05) is 61.4 Å². The molecule has 2 unspecified atom stereocenters. The summed E-state index contributed by atoms with van der Waals surface area (Å²) in [6.07, 6.45) is 7.71. The summed E-state index contributed by atoms with van der Waals surface area (Å²) in [5.41, 5.74) is 2.29. The van der Waals surface area contributed by atoms with Crippen LogP contribution in [-0.4, -0.2) is 52.0 Å². The second-order valence-corrected chi connectivity index (χ2v) is 13.7. The lowest BCUT2D eigenvalue weighted by Crippen LogP contribution is -2.30. The number of hydrogen-bond acceptors (Lipinski definition) is 9. The van der Waals surface area contributed by atoms with Crippen molar-refractivity contribution < 1.29 is 43.2 Å². The number of ketones is 9. The van der Waals surface area contributed by atoms with Gasteiger partial charge in [0, 0.05) is 45.9 Å². The van der Waals surface area contributed by atoms with Gasteiger partial charge in [0.15, 0.2) is 23.1 Å². The minimum Gasteiger partial charge on any atom is -0.300 e. The molecule has 2 fully saturated rings. The van der Waals surface area contributed by atoms with Crippen LogP contribution in [-0.2, 0) is 24.0 Å². The first-order valence-corrected chi connectivity index (χ1v) is 17.9. The van der Waals surface area contributed by atoms with Crippen molar-refractivity contribution in [1.29, 1.82) is 0 Å². The molecule has 0 amide bonds. The lowest BCUT2D eigenvalue weighted by atomic mass is 9.75. The summed E-state index contributed by atoms with van der Waals surface area (Å²) in [6.45, 7) is 15.5. The minimum absolute atomic E-state index is 0.0186. The average Bonchev–Trinajstić information content (AvgIpc) is 3.08. The fraction of sp³-hybridized carbons (Fsp3) is 0.512. The van der Waals surface area contributed by atoms with E-state index in [1.807, 2.05) is 0 Å². The molecular weight excluding hydrogens is 660 g/mol. The Morgan fingerprint density at radius 3 is 0.846 bits per heavy atom. The van der Waals surface area contributed by atoms with Crippen LogP contribution < -0.4 is 0 Å². The predicted molar refractivity (Wildman–Crippen MR) is 203 cm³/mol. The van der Waals surface area contributed by atoms with Crippen molar-refractivity contribution in [2.75, 3.05) is 0 Å². The number of carbonyl (C=O) groups excluding carboxylic acids is 9. The standard InChI is InChI=1S/C10H16O2.C10H10O2.C10H16O2.C10H10O2.C3H6O/c2*1-7(11)9-3-5-10(6-4-9)8(2)12;2*1-7(11)9-5-3-4-6-10(9)8(2)12;1-3(2)4/h9-10H,3-6H2,1-2H3;3-6H,1-2H3;9-10H,3-6H2,1-2H3;3-6H,1-2H3;1-2H3. The second kappa shape index (κ2) is 24.6. The number of benzene rings is 2. The van der Waals surface area contributed by atoms with E-state index in [4.69, 9.17) is 0 Å². The number of Topliss-reactive ketones (excluding diaryl/α,β-unsaturated/α-hetero) is 9. The molecule has 2 aliphatic carbocycles. The summed E-state index contributed by atoms with van der Waals surface area (Å²) in [4.78, 5) is 97.5. The third-order valence-electron chi connectivity index (χ3n) is 9.07. The van der Waals surface area contributed by atoms with Gasteiger partial charge in [0.25, 0.3) is 0 Å². The van der Waals surface area contributed by atoms with Crippen LogP contribution in [0.2, 0.25) is 0 Å². The lowest BCUT2D eigenvalue weighted by molar-refractivity contribution is -0.131. The molecule has 9 nitrogen and oxygen atoms in total. The maximum Gasteiger partial charge on any atom is 0.160 e. The van der Waals surface area contributed by atoms with Gasteiger partial charge in [0.2, 0.25) is 0 Å². The summed E-state index contributed by atoms with van der Waals surface area (Å²) < 4.78 is 0. The normalized spacial score (nSPS) is 18.7. The summed E-state index contributed by atoms with van der Waals surface area (Å²) in [6, 6.07) is 13.5. The molecule has 2 aromatic rings. The van der Waals surface area contributed by atoms with Gasteiger partial charge in [0.05, 0.1) is 0 Å². The molecule has 0 bridgehead atoms. The van der Waals surface area contributed by atoms with Crippen LogP contribution in [0.5, 0.6) is 0 Å². The largest absolute Gasteiger partial charge is 0.300 e. The Kier molecular flexibility index (Phi) is 22.5. The van der Waals surface area contributed by atoms with E-state index < -0.39 is 0 Å². The van der Waals surface area contributed by atoms with E-state index in [0.717, 1.165) is 51.4 Å². The van der Waals surface area contributed by atoms with Crippen molar-refractivity contribution in [3.05, 3.63) is 70.8 Å². The molecule has 0 saturated heterocycles. The molecule has 0 N–H and O–H groups in total. The van der Waals surface area contributed by atoms with Gasteiger partial charge in [-0.2, -0.15) is 0 Å². The molecular formula is C43H58O9. The van der Waals surface area contributed by atoms with E-state index in [-0.39, 0.29) is 75.7 Å².